The standard InChI is InChI=1S/C9H8N2.C9H13N.2C9H9N.2C8H8N2.C8H7NO.C7H7N3.C6H6N2S/c1-7-6-10-8-4-2-3-5-9(8)11-7;3*1-7-6-8-4-2-3-5-9(8)10-7;1-6-5-8-7(10-6)3-2-4-9-8;1-7-6-10-5-3-2-4-8(10)9-7;1-6-9-7-4-2-3-5-8(7)10-6;1-6-8-7-4-2-3-5-10(7)9-6;1-4-7-5-2-9-3-6(5)8-4/h2-6H,1H3;2-6H2,1H3;2*2-5H,6H2,1H3;2-4H,5H2,1H3;2-6H,1H3;2*2-5H,1H3;2-3H,1H3,(H,7,8). The van der Waals surface area contributed by atoms with Crippen LogP contribution in [0.15, 0.2) is 223 Å². The van der Waals surface area contributed by atoms with E-state index in [0.717, 1.165) is 121 Å². The summed E-state index contributed by atoms with van der Waals surface area (Å²) >= 11 is 1.67. The highest BCUT2D eigenvalue weighted by atomic mass is 32.1. The molecular formula is C73H75N15OS. The van der Waals surface area contributed by atoms with E-state index >= 15 is 0 Å². The van der Waals surface area contributed by atoms with Crippen LogP contribution in [0.2, 0.25) is 0 Å². The first-order chi connectivity index (χ1) is 43.7. The molecule has 1 aliphatic carbocycles. The quantitative estimate of drug-likeness (QED) is 0.154. The van der Waals surface area contributed by atoms with Crippen molar-refractivity contribution in [1.29, 1.82) is 0 Å². The first-order valence-corrected chi connectivity index (χ1v) is 31.2. The van der Waals surface area contributed by atoms with Crippen LogP contribution in [-0.2, 0) is 19.3 Å². The van der Waals surface area contributed by atoms with E-state index < -0.39 is 0 Å². The molecule has 90 heavy (non-hydrogen) atoms. The lowest BCUT2D eigenvalue weighted by molar-refractivity contribution is 0.561. The predicted octanol–water partition coefficient (Wildman–Crippen LogP) is 17.8. The number of H-pyrrole nitrogens is 1. The molecule has 0 amide bonds. The van der Waals surface area contributed by atoms with Crippen molar-refractivity contribution >= 4 is 95.7 Å². The minimum atomic E-state index is 0.723. The Balaban J connectivity index is 0.000000111. The van der Waals surface area contributed by atoms with Gasteiger partial charge in [0.1, 0.15) is 22.8 Å². The number of oxazole rings is 1. The molecule has 5 aliphatic rings. The molecule has 0 spiro atoms. The fourth-order valence-electron chi connectivity index (χ4n) is 10.5. The van der Waals surface area contributed by atoms with E-state index in [0.29, 0.717) is 0 Å². The number of imidazole rings is 2. The zero-order chi connectivity index (χ0) is 62.8. The van der Waals surface area contributed by atoms with Gasteiger partial charge in [-0.15, -0.1) is 11.3 Å². The van der Waals surface area contributed by atoms with Crippen LogP contribution in [-0.4, -0.2) is 76.7 Å². The largest absolute Gasteiger partial charge is 0.441 e. The van der Waals surface area contributed by atoms with E-state index in [1.165, 1.54) is 66.1 Å². The number of thiophene rings is 1. The maximum absolute atomic E-state index is 5.26. The third-order valence-electron chi connectivity index (χ3n) is 14.5. The van der Waals surface area contributed by atoms with Crippen molar-refractivity contribution in [2.45, 2.75) is 114 Å². The second-order valence-corrected chi connectivity index (χ2v) is 23.0. The lowest BCUT2D eigenvalue weighted by atomic mass is 9.96. The van der Waals surface area contributed by atoms with E-state index in [4.69, 9.17) is 4.42 Å². The van der Waals surface area contributed by atoms with Crippen molar-refractivity contribution in [2.75, 3.05) is 0 Å². The molecule has 0 saturated heterocycles. The molecule has 1 N–H and O–H groups in total. The van der Waals surface area contributed by atoms with E-state index in [-0.39, 0.29) is 0 Å². The molecule has 13 aromatic rings. The Morgan fingerprint density at radius 2 is 1.10 bits per heavy atom. The zero-order valence-electron chi connectivity index (χ0n) is 52.6. The van der Waals surface area contributed by atoms with Crippen LogP contribution < -0.4 is 0 Å². The number of aromatic nitrogens is 11. The Labute approximate surface area is 529 Å². The van der Waals surface area contributed by atoms with Gasteiger partial charge >= 0.3 is 0 Å². The number of fused-ring (bicyclic) bond motifs is 8. The summed E-state index contributed by atoms with van der Waals surface area (Å²) in [6, 6.07) is 47.9. The van der Waals surface area contributed by atoms with E-state index in [2.05, 4.69) is 127 Å². The Morgan fingerprint density at radius 1 is 0.478 bits per heavy atom. The molecule has 0 bridgehead atoms. The van der Waals surface area contributed by atoms with Crippen molar-refractivity contribution in [2.24, 2.45) is 20.0 Å². The number of hydrogen-bond donors (Lipinski definition) is 1. The highest BCUT2D eigenvalue weighted by molar-refractivity contribution is 7.09. The molecule has 0 unspecified atom stereocenters. The summed E-state index contributed by atoms with van der Waals surface area (Å²) in [6.07, 6.45) is 19.0. The summed E-state index contributed by atoms with van der Waals surface area (Å²) in [6.45, 7) is 17.9. The SMILES string of the molecule is CC1=NC2=C(CCCC2)C1.CC1=Nc2ccccc2C1.CC1=Nc2ccccc2C1.CC1=Nc2cccnc2C1.Cc1cn2ccccc2n1.Cc1cnc2ccccc2n1.Cc1nc2ccccc2o1.Cc1nc2ccccn2n1.Cc1nc2cscc2[nH]1. The van der Waals surface area contributed by atoms with Crippen LogP contribution in [0, 0.1) is 34.6 Å². The molecule has 18 rings (SSSR count). The number of rotatable bonds is 0. The highest BCUT2D eigenvalue weighted by Crippen LogP contribution is 2.33. The fraction of sp³-hybridized carbons (Fsp3) is 0.233. The smallest absolute Gasteiger partial charge is 0.192 e. The third kappa shape index (κ3) is 17.7. The molecule has 0 atom stereocenters. The number of aryl methyl sites for hydroxylation is 5. The van der Waals surface area contributed by atoms with E-state index in [9.17, 15) is 0 Å². The van der Waals surface area contributed by atoms with Gasteiger partial charge in [-0.05, 0) is 171 Å². The summed E-state index contributed by atoms with van der Waals surface area (Å²) in [7, 11) is 0. The van der Waals surface area contributed by atoms with Gasteiger partial charge in [0, 0.05) is 103 Å². The van der Waals surface area contributed by atoms with E-state index in [1.807, 2.05) is 185 Å². The topological polar surface area (TPSA) is 190 Å². The molecule has 0 radical (unpaired) electrons. The van der Waals surface area contributed by atoms with Crippen molar-refractivity contribution in [3.05, 3.63) is 244 Å². The van der Waals surface area contributed by atoms with Crippen LogP contribution in [0.4, 0.5) is 17.1 Å². The van der Waals surface area contributed by atoms with Crippen molar-refractivity contribution < 1.29 is 4.42 Å². The van der Waals surface area contributed by atoms with Crippen LogP contribution in [0.25, 0.3) is 44.5 Å². The number of aliphatic imine (C=N–C) groups is 4. The van der Waals surface area contributed by atoms with Gasteiger partial charge in [-0.3, -0.25) is 29.9 Å². The van der Waals surface area contributed by atoms with Gasteiger partial charge in [-0.2, -0.15) is 5.10 Å². The summed E-state index contributed by atoms with van der Waals surface area (Å²) < 4.78 is 9.03. The number of nitrogens with one attached hydrogen (secondary N) is 1. The molecule has 4 aromatic carbocycles. The lowest BCUT2D eigenvalue weighted by Crippen LogP contribution is -1.93. The van der Waals surface area contributed by atoms with Gasteiger partial charge in [0.15, 0.2) is 17.1 Å². The molecule has 13 heterocycles. The van der Waals surface area contributed by atoms with Crippen LogP contribution in [0.5, 0.6) is 0 Å². The third-order valence-corrected chi connectivity index (χ3v) is 15.2. The number of para-hydroxylation sites is 6. The minimum absolute atomic E-state index is 0.723. The maximum atomic E-state index is 5.26. The Morgan fingerprint density at radius 3 is 1.79 bits per heavy atom. The number of nitrogens with zero attached hydrogens (tertiary/aromatic N) is 14. The van der Waals surface area contributed by atoms with E-state index in [1.54, 1.807) is 27.6 Å². The van der Waals surface area contributed by atoms with Crippen LogP contribution in [0.3, 0.4) is 0 Å². The summed E-state index contributed by atoms with van der Waals surface area (Å²) in [5.74, 6) is 2.53. The number of aromatic amines is 1. The van der Waals surface area contributed by atoms with Gasteiger partial charge in [-0.1, -0.05) is 72.8 Å². The number of pyridine rings is 3. The van der Waals surface area contributed by atoms with Crippen LogP contribution >= 0.6 is 11.3 Å². The average Bonchev–Trinajstić information content (AvgIpc) is 3.69. The molecular weight excluding hydrogens is 1130 g/mol. The molecule has 4 aliphatic heterocycles. The second kappa shape index (κ2) is 30.6. The predicted molar refractivity (Wildman–Crippen MR) is 369 cm³/mol. The number of allylic oxidation sites excluding steroid dienone is 2. The number of benzene rings is 4. The van der Waals surface area contributed by atoms with Gasteiger partial charge in [0.25, 0.3) is 0 Å². The average molecular weight is 1210 g/mol. The van der Waals surface area contributed by atoms with Crippen LogP contribution in [0.1, 0.15) is 106 Å². The van der Waals surface area contributed by atoms with Gasteiger partial charge in [-0.25, -0.2) is 29.4 Å². The highest BCUT2D eigenvalue weighted by Gasteiger charge is 2.18. The van der Waals surface area contributed by atoms with Gasteiger partial charge in [0.05, 0.1) is 56.2 Å². The first-order valence-electron chi connectivity index (χ1n) is 30.3. The summed E-state index contributed by atoms with van der Waals surface area (Å²) in [5.41, 5.74) is 25.0. The second-order valence-electron chi connectivity index (χ2n) is 22.3. The Bertz CT molecular complexity index is 4260. The zero-order valence-corrected chi connectivity index (χ0v) is 53.4. The molecule has 0 fully saturated rings. The van der Waals surface area contributed by atoms with Crippen molar-refractivity contribution in [1.82, 2.24) is 53.9 Å². The van der Waals surface area contributed by atoms with Gasteiger partial charge in [0.2, 0.25) is 0 Å². The summed E-state index contributed by atoms with van der Waals surface area (Å²) in [5, 5.41) is 8.22. The molecule has 16 nitrogen and oxygen atoms in total. The maximum Gasteiger partial charge on any atom is 0.192 e. The Kier molecular flexibility index (Phi) is 21.3. The minimum Gasteiger partial charge on any atom is -0.441 e. The first kappa shape index (κ1) is 62.8. The van der Waals surface area contributed by atoms with Crippen molar-refractivity contribution in [3.8, 4) is 0 Å². The summed E-state index contributed by atoms with van der Waals surface area (Å²) in [4.78, 5) is 50.2. The van der Waals surface area contributed by atoms with Gasteiger partial charge < -0.3 is 13.8 Å². The van der Waals surface area contributed by atoms with Crippen molar-refractivity contribution in [3.63, 3.8) is 0 Å². The lowest BCUT2D eigenvalue weighted by Gasteiger charge is -2.10. The molecule has 454 valence electrons. The monoisotopic (exact) mass is 1210 g/mol. The molecule has 0 saturated carbocycles. The molecule has 9 aromatic heterocycles. The number of hydrogen-bond acceptors (Lipinski definition) is 14. The normalized spacial score (nSPS) is 13.5. The molecule has 17 heteroatoms. The Hall–Kier alpha value is -10.3. The fourth-order valence-corrected chi connectivity index (χ4v) is 11.2.